The van der Waals surface area contributed by atoms with Gasteiger partial charge in [-0.05, 0) is 30.4 Å². The molecule has 2 atom stereocenters. The predicted molar refractivity (Wildman–Crippen MR) is 67.7 cm³/mol. The van der Waals surface area contributed by atoms with Crippen LogP contribution in [-0.4, -0.2) is 17.7 Å². The molecule has 1 heterocycles. The number of furan rings is 1. The molecule has 0 bridgehead atoms. The molecule has 0 radical (unpaired) electrons. The smallest absolute Gasteiger partial charge is 0.133 e. The summed E-state index contributed by atoms with van der Waals surface area (Å²) in [5.41, 5.74) is 0.334. The second-order valence-electron chi connectivity index (χ2n) is 5.73. The van der Waals surface area contributed by atoms with Gasteiger partial charge in [-0.3, -0.25) is 0 Å². The van der Waals surface area contributed by atoms with Crippen molar-refractivity contribution >= 4 is 0 Å². The fourth-order valence-corrected chi connectivity index (χ4v) is 2.71. The Kier molecular flexibility index (Phi) is 3.89. The summed E-state index contributed by atoms with van der Waals surface area (Å²) in [6.45, 7) is 5.19. The molecule has 96 valence electrons. The van der Waals surface area contributed by atoms with Crippen LogP contribution in [0.2, 0.25) is 0 Å². The summed E-state index contributed by atoms with van der Waals surface area (Å²) in [6.07, 6.45) is 6.15. The van der Waals surface area contributed by atoms with Gasteiger partial charge in [0.2, 0.25) is 0 Å². The lowest BCUT2D eigenvalue weighted by Gasteiger charge is -2.39. The first kappa shape index (κ1) is 12.7. The second-order valence-corrected chi connectivity index (χ2v) is 5.73. The van der Waals surface area contributed by atoms with Crippen LogP contribution in [0.25, 0.3) is 0 Å². The fraction of sp³-hybridized carbons (Fsp3) is 0.714. The largest absolute Gasteiger partial charge is 0.467 e. The number of aliphatic hydroxyl groups is 1. The van der Waals surface area contributed by atoms with Crippen molar-refractivity contribution in [3.05, 3.63) is 24.2 Å². The Balaban J connectivity index is 1.85. The second kappa shape index (κ2) is 5.23. The van der Waals surface area contributed by atoms with Gasteiger partial charge in [-0.15, -0.1) is 0 Å². The lowest BCUT2D eigenvalue weighted by atomic mass is 9.73. The van der Waals surface area contributed by atoms with Crippen LogP contribution in [0.4, 0.5) is 0 Å². The molecule has 0 amide bonds. The van der Waals surface area contributed by atoms with Crippen LogP contribution in [0.3, 0.4) is 0 Å². The number of nitrogens with one attached hydrogen (secondary N) is 1. The lowest BCUT2D eigenvalue weighted by Crippen LogP contribution is -2.45. The summed E-state index contributed by atoms with van der Waals surface area (Å²) in [6, 6.07) is 4.13. The zero-order valence-corrected chi connectivity index (χ0v) is 10.8. The predicted octanol–water partition coefficient (Wildman–Crippen LogP) is 2.87. The Labute approximate surface area is 103 Å². The molecular weight excluding hydrogens is 214 g/mol. The van der Waals surface area contributed by atoms with Gasteiger partial charge in [-0.2, -0.15) is 0 Å². The molecule has 17 heavy (non-hydrogen) atoms. The van der Waals surface area contributed by atoms with Gasteiger partial charge in [0.1, 0.15) is 11.9 Å². The highest BCUT2D eigenvalue weighted by molar-refractivity contribution is 5.02. The van der Waals surface area contributed by atoms with Gasteiger partial charge in [-0.1, -0.05) is 26.7 Å². The summed E-state index contributed by atoms with van der Waals surface area (Å²) < 4.78 is 5.20. The normalized spacial score (nSPS) is 25.7. The van der Waals surface area contributed by atoms with Crippen LogP contribution in [-0.2, 0) is 0 Å². The third-order valence-electron chi connectivity index (χ3n) is 3.94. The van der Waals surface area contributed by atoms with E-state index in [2.05, 4.69) is 19.2 Å². The Morgan fingerprint density at radius 3 is 3.00 bits per heavy atom. The van der Waals surface area contributed by atoms with E-state index in [9.17, 15) is 5.11 Å². The van der Waals surface area contributed by atoms with Crippen molar-refractivity contribution in [3.63, 3.8) is 0 Å². The molecule has 1 aliphatic carbocycles. The number of hydrogen-bond donors (Lipinski definition) is 2. The molecular formula is C14H23NO2. The van der Waals surface area contributed by atoms with Crippen molar-refractivity contribution < 1.29 is 9.52 Å². The fourth-order valence-electron chi connectivity index (χ4n) is 2.71. The van der Waals surface area contributed by atoms with Gasteiger partial charge in [0.05, 0.1) is 6.26 Å². The molecule has 0 spiro atoms. The Morgan fingerprint density at radius 1 is 1.53 bits per heavy atom. The van der Waals surface area contributed by atoms with Gasteiger partial charge in [0.25, 0.3) is 0 Å². The first-order chi connectivity index (χ1) is 8.09. The highest BCUT2D eigenvalue weighted by Gasteiger charge is 2.32. The van der Waals surface area contributed by atoms with Crippen LogP contribution in [0.5, 0.6) is 0 Å². The van der Waals surface area contributed by atoms with Gasteiger partial charge in [0, 0.05) is 12.6 Å². The van der Waals surface area contributed by atoms with Crippen molar-refractivity contribution in [2.75, 3.05) is 6.54 Å². The molecule has 1 aliphatic rings. The maximum absolute atomic E-state index is 9.95. The van der Waals surface area contributed by atoms with Crippen LogP contribution in [0, 0.1) is 5.41 Å². The van der Waals surface area contributed by atoms with Crippen molar-refractivity contribution in [2.45, 2.75) is 51.7 Å². The molecule has 2 rings (SSSR count). The molecule has 0 saturated heterocycles. The molecule has 2 unspecified atom stereocenters. The van der Waals surface area contributed by atoms with Crippen molar-refractivity contribution in [2.24, 2.45) is 5.41 Å². The molecule has 3 nitrogen and oxygen atoms in total. The Hall–Kier alpha value is -0.800. The maximum atomic E-state index is 9.95. The number of aliphatic hydroxyl groups excluding tert-OH is 1. The van der Waals surface area contributed by atoms with Crippen molar-refractivity contribution in [1.29, 1.82) is 0 Å². The Morgan fingerprint density at radius 2 is 2.35 bits per heavy atom. The summed E-state index contributed by atoms with van der Waals surface area (Å²) in [5, 5.41) is 13.4. The minimum atomic E-state index is -0.539. The van der Waals surface area contributed by atoms with Crippen LogP contribution >= 0.6 is 0 Å². The highest BCUT2D eigenvalue weighted by Crippen LogP contribution is 2.35. The third kappa shape index (κ3) is 3.11. The van der Waals surface area contributed by atoms with E-state index in [1.807, 2.05) is 12.1 Å². The average molecular weight is 237 g/mol. The van der Waals surface area contributed by atoms with Crippen LogP contribution < -0.4 is 5.32 Å². The molecule has 1 aromatic rings. The third-order valence-corrected chi connectivity index (χ3v) is 3.94. The SMILES string of the molecule is CC1(C)CCCCC1NCC(O)c1ccco1. The average Bonchev–Trinajstić information content (AvgIpc) is 2.80. The lowest BCUT2D eigenvalue weighted by molar-refractivity contribution is 0.113. The van der Waals surface area contributed by atoms with E-state index >= 15 is 0 Å². The number of hydrogen-bond acceptors (Lipinski definition) is 3. The minimum absolute atomic E-state index is 0.334. The van der Waals surface area contributed by atoms with Gasteiger partial charge in [0.15, 0.2) is 0 Å². The van der Waals surface area contributed by atoms with E-state index in [0.717, 1.165) is 0 Å². The van der Waals surface area contributed by atoms with Gasteiger partial charge < -0.3 is 14.8 Å². The summed E-state index contributed by atoms with van der Waals surface area (Å²) >= 11 is 0. The monoisotopic (exact) mass is 237 g/mol. The van der Waals surface area contributed by atoms with Crippen molar-refractivity contribution in [3.8, 4) is 0 Å². The molecule has 1 saturated carbocycles. The van der Waals surface area contributed by atoms with E-state index in [0.29, 0.717) is 23.8 Å². The molecule has 1 fully saturated rings. The number of rotatable bonds is 4. The molecule has 0 aliphatic heterocycles. The van der Waals surface area contributed by atoms with E-state index in [-0.39, 0.29) is 0 Å². The van der Waals surface area contributed by atoms with E-state index in [1.165, 1.54) is 25.7 Å². The van der Waals surface area contributed by atoms with Crippen LogP contribution in [0.15, 0.2) is 22.8 Å². The maximum Gasteiger partial charge on any atom is 0.133 e. The van der Waals surface area contributed by atoms with Gasteiger partial charge in [-0.25, -0.2) is 0 Å². The Bertz CT molecular complexity index is 332. The molecule has 3 heteroatoms. The molecule has 0 aromatic carbocycles. The highest BCUT2D eigenvalue weighted by atomic mass is 16.4. The van der Waals surface area contributed by atoms with Gasteiger partial charge >= 0.3 is 0 Å². The minimum Gasteiger partial charge on any atom is -0.467 e. The zero-order valence-electron chi connectivity index (χ0n) is 10.8. The first-order valence-electron chi connectivity index (χ1n) is 6.54. The van der Waals surface area contributed by atoms with Crippen molar-refractivity contribution in [1.82, 2.24) is 5.32 Å². The van der Waals surface area contributed by atoms with E-state index in [1.54, 1.807) is 6.26 Å². The standard InChI is InChI=1S/C14H23NO2/c1-14(2)8-4-3-7-13(14)15-10-11(16)12-6-5-9-17-12/h5-6,9,11,13,15-16H,3-4,7-8,10H2,1-2H3. The summed E-state index contributed by atoms with van der Waals surface area (Å²) in [5.74, 6) is 0.645. The quantitative estimate of drug-likeness (QED) is 0.846. The summed E-state index contributed by atoms with van der Waals surface area (Å²) in [7, 11) is 0. The van der Waals surface area contributed by atoms with E-state index < -0.39 is 6.10 Å². The molecule has 1 aromatic heterocycles. The van der Waals surface area contributed by atoms with Crippen LogP contribution in [0.1, 0.15) is 51.4 Å². The van der Waals surface area contributed by atoms with E-state index in [4.69, 9.17) is 4.42 Å². The zero-order chi connectivity index (χ0) is 12.3. The topological polar surface area (TPSA) is 45.4 Å². The molecule has 2 N–H and O–H groups in total. The first-order valence-corrected chi connectivity index (χ1v) is 6.54. The summed E-state index contributed by atoms with van der Waals surface area (Å²) in [4.78, 5) is 0.